The molecular formula is C11H14N2O4S2. The van der Waals surface area contributed by atoms with Gasteiger partial charge in [0.1, 0.15) is 9.84 Å². The van der Waals surface area contributed by atoms with Crippen LogP contribution in [0.1, 0.15) is 12.5 Å². The summed E-state index contributed by atoms with van der Waals surface area (Å²) >= 11 is 0. The van der Waals surface area contributed by atoms with Crippen LogP contribution in [0.15, 0.2) is 29.2 Å². The molecule has 0 saturated heterocycles. The van der Waals surface area contributed by atoms with E-state index in [9.17, 15) is 16.8 Å². The minimum absolute atomic E-state index is 0.0631. The Morgan fingerprint density at radius 3 is 2.47 bits per heavy atom. The highest BCUT2D eigenvalue weighted by molar-refractivity contribution is 7.91. The van der Waals surface area contributed by atoms with Crippen LogP contribution in [0.4, 0.5) is 0 Å². The van der Waals surface area contributed by atoms with E-state index in [2.05, 4.69) is 4.72 Å². The average molecular weight is 302 g/mol. The van der Waals surface area contributed by atoms with Gasteiger partial charge in [0.2, 0.25) is 10.0 Å². The number of sulfone groups is 1. The van der Waals surface area contributed by atoms with E-state index in [0.29, 0.717) is 0 Å². The first kappa shape index (κ1) is 15.6. The van der Waals surface area contributed by atoms with Gasteiger partial charge in [0.05, 0.1) is 22.3 Å². The van der Waals surface area contributed by atoms with Gasteiger partial charge in [0.25, 0.3) is 0 Å². The van der Waals surface area contributed by atoms with E-state index in [-0.39, 0.29) is 16.2 Å². The summed E-state index contributed by atoms with van der Waals surface area (Å²) in [7, 11) is -7.10. The van der Waals surface area contributed by atoms with Gasteiger partial charge in [-0.1, -0.05) is 6.07 Å². The monoisotopic (exact) mass is 302 g/mol. The van der Waals surface area contributed by atoms with Gasteiger partial charge in [0.15, 0.2) is 0 Å². The van der Waals surface area contributed by atoms with Gasteiger partial charge in [-0.25, -0.2) is 21.6 Å². The van der Waals surface area contributed by atoms with E-state index in [0.717, 1.165) is 6.26 Å². The van der Waals surface area contributed by atoms with Crippen molar-refractivity contribution in [2.75, 3.05) is 12.0 Å². The number of nitriles is 1. The summed E-state index contributed by atoms with van der Waals surface area (Å²) in [5, 5.41) is 8.72. The fourth-order valence-corrected chi connectivity index (χ4v) is 3.94. The number of hydrogen-bond donors (Lipinski definition) is 1. The molecular weight excluding hydrogens is 288 g/mol. The predicted octanol–water partition coefficient (Wildman–Crippen LogP) is 0.270. The molecule has 6 nitrogen and oxygen atoms in total. The van der Waals surface area contributed by atoms with Crippen molar-refractivity contribution >= 4 is 19.9 Å². The molecule has 0 spiro atoms. The second kappa shape index (κ2) is 5.69. The predicted molar refractivity (Wildman–Crippen MR) is 70.7 cm³/mol. The summed E-state index contributed by atoms with van der Waals surface area (Å²) in [5.41, 5.74) is 0.221. The summed E-state index contributed by atoms with van der Waals surface area (Å²) in [6.07, 6.45) is 1.04. The molecule has 104 valence electrons. The third-order valence-electron chi connectivity index (χ3n) is 2.18. The van der Waals surface area contributed by atoms with Crippen molar-refractivity contribution in [3.63, 3.8) is 0 Å². The van der Waals surface area contributed by atoms with Crippen LogP contribution in [0.2, 0.25) is 0 Å². The molecule has 1 aromatic rings. The maximum Gasteiger partial charge on any atom is 0.240 e. The van der Waals surface area contributed by atoms with Crippen LogP contribution in [0.3, 0.4) is 0 Å². The van der Waals surface area contributed by atoms with Crippen molar-refractivity contribution < 1.29 is 16.8 Å². The van der Waals surface area contributed by atoms with E-state index in [1.807, 2.05) is 6.07 Å². The number of nitrogens with zero attached hydrogens (tertiary/aromatic N) is 1. The lowest BCUT2D eigenvalue weighted by Gasteiger charge is -2.13. The van der Waals surface area contributed by atoms with Crippen LogP contribution in [-0.4, -0.2) is 34.9 Å². The molecule has 19 heavy (non-hydrogen) atoms. The molecule has 0 heterocycles. The van der Waals surface area contributed by atoms with Gasteiger partial charge in [-0.05, 0) is 25.1 Å². The topological polar surface area (TPSA) is 104 Å². The van der Waals surface area contributed by atoms with Crippen LogP contribution in [0, 0.1) is 11.3 Å². The third kappa shape index (κ3) is 4.98. The van der Waals surface area contributed by atoms with Crippen LogP contribution in [-0.2, 0) is 19.9 Å². The Balaban J connectivity index is 2.96. The summed E-state index contributed by atoms with van der Waals surface area (Å²) in [5.74, 6) is -0.288. The number of sulfonamides is 1. The number of benzene rings is 1. The largest absolute Gasteiger partial charge is 0.240 e. The number of hydrogen-bond acceptors (Lipinski definition) is 5. The Morgan fingerprint density at radius 1 is 1.32 bits per heavy atom. The fourth-order valence-electron chi connectivity index (χ4n) is 1.55. The van der Waals surface area contributed by atoms with Gasteiger partial charge >= 0.3 is 0 Å². The first-order valence-electron chi connectivity index (χ1n) is 5.34. The fraction of sp³-hybridized carbons (Fsp3) is 0.364. The van der Waals surface area contributed by atoms with Gasteiger partial charge in [0, 0.05) is 12.3 Å². The van der Waals surface area contributed by atoms with Crippen molar-refractivity contribution in [3.05, 3.63) is 29.8 Å². The highest BCUT2D eigenvalue weighted by atomic mass is 32.2. The highest BCUT2D eigenvalue weighted by Crippen LogP contribution is 2.11. The lowest BCUT2D eigenvalue weighted by atomic mass is 10.2. The highest BCUT2D eigenvalue weighted by Gasteiger charge is 2.20. The summed E-state index contributed by atoms with van der Waals surface area (Å²) < 4.78 is 48.4. The molecule has 0 aliphatic heterocycles. The zero-order valence-corrected chi connectivity index (χ0v) is 12.1. The smallest absolute Gasteiger partial charge is 0.229 e. The summed E-state index contributed by atoms with van der Waals surface area (Å²) in [4.78, 5) is -0.0631. The van der Waals surface area contributed by atoms with Crippen LogP contribution in [0.5, 0.6) is 0 Å². The second-order valence-electron chi connectivity index (χ2n) is 4.25. The first-order chi connectivity index (χ1) is 8.64. The van der Waals surface area contributed by atoms with E-state index < -0.39 is 25.9 Å². The lowest BCUT2D eigenvalue weighted by molar-refractivity contribution is 0.564. The second-order valence-corrected chi connectivity index (χ2v) is 8.15. The van der Waals surface area contributed by atoms with Crippen molar-refractivity contribution in [1.29, 1.82) is 5.26 Å². The third-order valence-corrected chi connectivity index (χ3v) is 4.88. The van der Waals surface area contributed by atoms with E-state index in [4.69, 9.17) is 5.26 Å². The minimum atomic E-state index is -3.83. The molecule has 1 rings (SSSR count). The van der Waals surface area contributed by atoms with Crippen LogP contribution < -0.4 is 4.72 Å². The quantitative estimate of drug-likeness (QED) is 0.840. The molecule has 8 heteroatoms. The molecule has 0 aromatic heterocycles. The molecule has 1 atom stereocenters. The van der Waals surface area contributed by atoms with Crippen LogP contribution in [0.25, 0.3) is 0 Å². The average Bonchev–Trinajstić information content (AvgIpc) is 2.25. The Bertz CT molecular complexity index is 702. The Morgan fingerprint density at radius 2 is 1.95 bits per heavy atom. The molecule has 1 aromatic carbocycles. The summed E-state index contributed by atoms with van der Waals surface area (Å²) in [6.45, 7) is 1.47. The zero-order chi connectivity index (χ0) is 14.7. The molecule has 0 bridgehead atoms. The van der Waals surface area contributed by atoms with Crippen molar-refractivity contribution in [2.45, 2.75) is 17.9 Å². The molecule has 0 aliphatic carbocycles. The van der Waals surface area contributed by atoms with Gasteiger partial charge in [-0.15, -0.1) is 0 Å². The maximum absolute atomic E-state index is 12.0. The van der Waals surface area contributed by atoms with Gasteiger partial charge in [-0.2, -0.15) is 5.26 Å². The molecule has 0 saturated carbocycles. The normalized spacial score (nSPS) is 13.7. The number of rotatable bonds is 5. The zero-order valence-electron chi connectivity index (χ0n) is 10.5. The SMILES string of the molecule is CC(CS(C)(=O)=O)NS(=O)(=O)c1cccc(C#N)c1. The Hall–Kier alpha value is -1.43. The van der Waals surface area contributed by atoms with Crippen LogP contribution >= 0.6 is 0 Å². The van der Waals surface area contributed by atoms with E-state index in [1.165, 1.54) is 31.2 Å². The first-order valence-corrected chi connectivity index (χ1v) is 8.88. The lowest BCUT2D eigenvalue weighted by Crippen LogP contribution is -2.37. The molecule has 0 amide bonds. The molecule has 0 radical (unpaired) electrons. The minimum Gasteiger partial charge on any atom is -0.229 e. The number of nitrogens with one attached hydrogen (secondary N) is 1. The Labute approximate surface area is 113 Å². The van der Waals surface area contributed by atoms with Crippen molar-refractivity contribution in [2.24, 2.45) is 0 Å². The van der Waals surface area contributed by atoms with Crippen molar-refractivity contribution in [1.82, 2.24) is 4.72 Å². The van der Waals surface area contributed by atoms with E-state index >= 15 is 0 Å². The molecule has 0 fully saturated rings. The van der Waals surface area contributed by atoms with Gasteiger partial charge < -0.3 is 0 Å². The standard InChI is InChI=1S/C11H14N2O4S2/c1-9(8-18(2,14)15)13-19(16,17)11-5-3-4-10(6-11)7-12/h3-6,9,13H,8H2,1-2H3. The van der Waals surface area contributed by atoms with Crippen molar-refractivity contribution in [3.8, 4) is 6.07 Å². The maximum atomic E-state index is 12.0. The molecule has 0 aliphatic rings. The molecule has 1 unspecified atom stereocenters. The van der Waals surface area contributed by atoms with Gasteiger partial charge in [-0.3, -0.25) is 0 Å². The summed E-state index contributed by atoms with van der Waals surface area (Å²) in [6, 6.07) is 6.61. The van der Waals surface area contributed by atoms with E-state index in [1.54, 1.807) is 0 Å². The molecule has 1 N–H and O–H groups in total. The Kier molecular flexibility index (Phi) is 4.68.